The van der Waals surface area contributed by atoms with Gasteiger partial charge in [0.2, 0.25) is 0 Å². The van der Waals surface area contributed by atoms with E-state index in [0.717, 1.165) is 9.46 Å². The summed E-state index contributed by atoms with van der Waals surface area (Å²) in [7, 11) is 0. The minimum absolute atomic E-state index is 0. The second kappa shape index (κ2) is 8.43. The maximum absolute atomic E-state index is 8.73. The maximum atomic E-state index is 8.73. The summed E-state index contributed by atoms with van der Waals surface area (Å²) >= 11 is 9.33. The fourth-order valence-corrected chi connectivity index (χ4v) is 1.12. The molecule has 0 aromatic carbocycles. The van der Waals surface area contributed by atoms with Gasteiger partial charge in [-0.2, -0.15) is 9.46 Å². The van der Waals surface area contributed by atoms with Gasteiger partial charge in [-0.05, 0) is 24.3 Å². The first-order valence-electron chi connectivity index (χ1n) is 4.35. The fraction of sp³-hybridized carbons (Fsp3) is 0. The Morgan fingerprint density at radius 2 is 1.12 bits per heavy atom. The van der Waals surface area contributed by atoms with Crippen LogP contribution >= 0.6 is 24.4 Å². The molecular weight excluding hydrogens is 267 g/mol. The molecule has 0 bridgehead atoms. The zero-order chi connectivity index (χ0) is 12.0. The predicted octanol–water partition coefficient (Wildman–Crippen LogP) is 2.26. The minimum atomic E-state index is 0. The van der Waals surface area contributed by atoms with Crippen molar-refractivity contribution >= 4 is 54.0 Å². The molecule has 0 fully saturated rings. The Hall–Kier alpha value is -0.660. The Labute approximate surface area is 131 Å². The zero-order valence-corrected chi connectivity index (χ0v) is 9.86. The summed E-state index contributed by atoms with van der Waals surface area (Å²) in [5.41, 5.74) is 0. The van der Waals surface area contributed by atoms with Crippen molar-refractivity contribution in [2.24, 2.45) is 0 Å². The van der Waals surface area contributed by atoms with Crippen molar-refractivity contribution in [2.45, 2.75) is 0 Å². The second-order valence-corrected chi connectivity index (χ2v) is 3.60. The van der Waals surface area contributed by atoms with Crippen LogP contribution in [0.4, 0.5) is 0 Å². The van der Waals surface area contributed by atoms with Crippen LogP contribution in [-0.4, -0.2) is 49.4 Å². The molecule has 7 heteroatoms. The summed E-state index contributed by atoms with van der Waals surface area (Å²) < 4.78 is 2.64. The molecule has 17 heavy (non-hydrogen) atoms. The van der Waals surface area contributed by atoms with Gasteiger partial charge in [-0.25, -0.2) is 0 Å². The summed E-state index contributed by atoms with van der Waals surface area (Å²) in [6.45, 7) is 0. The van der Waals surface area contributed by atoms with E-state index in [2.05, 4.69) is 24.4 Å². The van der Waals surface area contributed by atoms with E-state index >= 15 is 0 Å². The van der Waals surface area contributed by atoms with Gasteiger partial charge in [-0.3, -0.25) is 0 Å². The summed E-state index contributed by atoms with van der Waals surface area (Å²) in [5, 5.41) is 17.5. The van der Waals surface area contributed by atoms with Gasteiger partial charge in [0.25, 0.3) is 0 Å². The first-order valence-corrected chi connectivity index (χ1v) is 5.17. The van der Waals surface area contributed by atoms with Crippen LogP contribution in [0.1, 0.15) is 0 Å². The Bertz CT molecular complexity index is 517. The number of aromatic nitrogens is 2. The molecule has 0 atom stereocenters. The van der Waals surface area contributed by atoms with Crippen LogP contribution in [0.25, 0.3) is 0 Å². The van der Waals surface area contributed by atoms with Crippen LogP contribution in [-0.2, 0) is 0 Å². The quantitative estimate of drug-likeness (QED) is 0.441. The van der Waals surface area contributed by atoms with Crippen LogP contribution in [0, 0.1) is 9.28 Å². The van der Waals surface area contributed by atoms with Crippen molar-refractivity contribution < 1.29 is 10.4 Å². The standard InChI is InChI=1S/2C5H5NOS.Na.H/c2*7-6-4-2-1-3-5(6)8;;/h2*1-4,7H;;. The second-order valence-electron chi connectivity index (χ2n) is 2.77. The molecule has 0 amide bonds. The molecule has 0 aliphatic carbocycles. The third kappa shape index (κ3) is 5.99. The Morgan fingerprint density at radius 3 is 1.29 bits per heavy atom. The molecule has 4 nitrogen and oxygen atoms in total. The molecule has 86 valence electrons. The molecule has 0 saturated carbocycles. The zero-order valence-electron chi connectivity index (χ0n) is 8.22. The Kier molecular flexibility index (Phi) is 8.11. The van der Waals surface area contributed by atoms with Crippen molar-refractivity contribution in [3.8, 4) is 0 Å². The Balaban J connectivity index is 0.000000284. The van der Waals surface area contributed by atoms with Gasteiger partial charge in [0.05, 0.1) is 0 Å². The van der Waals surface area contributed by atoms with E-state index in [1.54, 1.807) is 36.4 Å². The van der Waals surface area contributed by atoms with E-state index in [1.165, 1.54) is 12.4 Å². The molecular formula is C10H11N2NaO2S2. The van der Waals surface area contributed by atoms with Crippen LogP contribution in [0.5, 0.6) is 0 Å². The summed E-state index contributed by atoms with van der Waals surface area (Å²) in [6.07, 6.45) is 2.98. The molecule has 2 aromatic rings. The van der Waals surface area contributed by atoms with E-state index in [-0.39, 0.29) is 29.6 Å². The summed E-state index contributed by atoms with van der Waals surface area (Å²) in [6, 6.07) is 10.3. The molecule has 2 aromatic heterocycles. The Morgan fingerprint density at radius 1 is 0.765 bits per heavy atom. The average Bonchev–Trinajstić information content (AvgIpc) is 2.28. The van der Waals surface area contributed by atoms with Gasteiger partial charge in [0.15, 0.2) is 0 Å². The third-order valence-corrected chi connectivity index (χ3v) is 2.25. The summed E-state index contributed by atoms with van der Waals surface area (Å²) in [5.74, 6) is 0. The van der Waals surface area contributed by atoms with E-state index in [4.69, 9.17) is 10.4 Å². The summed E-state index contributed by atoms with van der Waals surface area (Å²) in [4.78, 5) is 0. The number of hydrogen-bond donors (Lipinski definition) is 2. The first kappa shape index (κ1) is 16.3. The van der Waals surface area contributed by atoms with Crippen LogP contribution < -0.4 is 0 Å². The SMILES string of the molecule is On1ccccc1=S.On1ccccc1=S.[NaH]. The molecule has 2 heterocycles. The molecule has 0 aliphatic rings. The van der Waals surface area contributed by atoms with E-state index in [9.17, 15) is 0 Å². The normalized spacial score (nSPS) is 8.47. The molecule has 2 rings (SSSR count). The molecule has 0 aliphatic heterocycles. The predicted molar refractivity (Wildman–Crippen MR) is 72.1 cm³/mol. The van der Waals surface area contributed by atoms with Crippen molar-refractivity contribution in [1.82, 2.24) is 9.46 Å². The fourth-order valence-electron chi connectivity index (χ4n) is 0.838. The average molecular weight is 278 g/mol. The number of pyridine rings is 2. The van der Waals surface area contributed by atoms with Crippen molar-refractivity contribution in [1.29, 1.82) is 0 Å². The monoisotopic (exact) mass is 278 g/mol. The van der Waals surface area contributed by atoms with Gasteiger partial charge in [-0.1, -0.05) is 36.6 Å². The first-order chi connectivity index (χ1) is 7.61. The van der Waals surface area contributed by atoms with Gasteiger partial charge in [0, 0.05) is 12.4 Å². The van der Waals surface area contributed by atoms with Crippen molar-refractivity contribution in [3.05, 3.63) is 58.1 Å². The number of hydrogen-bond acceptors (Lipinski definition) is 4. The van der Waals surface area contributed by atoms with E-state index in [0.29, 0.717) is 9.28 Å². The van der Waals surface area contributed by atoms with E-state index in [1.807, 2.05) is 0 Å². The molecule has 0 saturated heterocycles. The van der Waals surface area contributed by atoms with E-state index < -0.39 is 0 Å². The molecule has 0 unspecified atom stereocenters. The number of rotatable bonds is 0. The van der Waals surface area contributed by atoms with Gasteiger partial charge in [-0.15, -0.1) is 0 Å². The molecule has 2 N–H and O–H groups in total. The third-order valence-electron chi connectivity index (χ3n) is 1.61. The van der Waals surface area contributed by atoms with Gasteiger partial charge >= 0.3 is 29.6 Å². The van der Waals surface area contributed by atoms with Crippen molar-refractivity contribution in [2.75, 3.05) is 0 Å². The number of nitrogens with zero attached hydrogens (tertiary/aromatic N) is 2. The topological polar surface area (TPSA) is 50.3 Å². The molecule has 0 radical (unpaired) electrons. The van der Waals surface area contributed by atoms with Crippen LogP contribution in [0.2, 0.25) is 0 Å². The molecule has 0 spiro atoms. The van der Waals surface area contributed by atoms with Crippen LogP contribution in [0.3, 0.4) is 0 Å². The van der Waals surface area contributed by atoms with Crippen molar-refractivity contribution in [3.63, 3.8) is 0 Å². The van der Waals surface area contributed by atoms with Gasteiger partial charge < -0.3 is 10.4 Å². The van der Waals surface area contributed by atoms with Crippen LogP contribution in [0.15, 0.2) is 48.8 Å². The van der Waals surface area contributed by atoms with Gasteiger partial charge in [0.1, 0.15) is 9.28 Å².